The lowest BCUT2D eigenvalue weighted by Crippen LogP contribution is -2.38. The third-order valence-electron chi connectivity index (χ3n) is 4.97. The molecule has 0 bridgehead atoms. The van der Waals surface area contributed by atoms with Crippen LogP contribution >= 0.6 is 0 Å². The van der Waals surface area contributed by atoms with Crippen LogP contribution in [0.2, 0.25) is 0 Å². The lowest BCUT2D eigenvalue weighted by atomic mass is 9.89. The van der Waals surface area contributed by atoms with Gasteiger partial charge in [-0.25, -0.2) is 4.79 Å². The summed E-state index contributed by atoms with van der Waals surface area (Å²) in [7, 11) is 0. The van der Waals surface area contributed by atoms with Crippen LogP contribution in [0.3, 0.4) is 0 Å². The molecule has 3 N–H and O–H groups in total. The topological polar surface area (TPSA) is 75.4 Å². The van der Waals surface area contributed by atoms with E-state index < -0.39 is 6.03 Å². The van der Waals surface area contributed by atoms with Crippen LogP contribution in [0.25, 0.3) is 0 Å². The fourth-order valence-electron chi connectivity index (χ4n) is 3.49. The van der Waals surface area contributed by atoms with Gasteiger partial charge in [0, 0.05) is 13.1 Å². The molecule has 5 heteroatoms. The molecular weight excluding hydrogens is 314 g/mol. The van der Waals surface area contributed by atoms with Gasteiger partial charge in [-0.1, -0.05) is 51.2 Å². The maximum Gasteiger partial charge on any atom is 0.319 e. The Hall–Kier alpha value is -2.04. The first-order valence-electron chi connectivity index (χ1n) is 9.57. The Morgan fingerprint density at radius 3 is 2.56 bits per heavy atom. The number of primary amides is 1. The highest BCUT2D eigenvalue weighted by atomic mass is 16.2. The van der Waals surface area contributed by atoms with E-state index in [0.29, 0.717) is 30.3 Å². The molecule has 0 saturated heterocycles. The van der Waals surface area contributed by atoms with E-state index >= 15 is 0 Å². The Kier molecular flexibility index (Phi) is 7.76. The number of unbranched alkanes of at least 4 members (excludes halogenated alkanes) is 2. The van der Waals surface area contributed by atoms with Crippen LogP contribution in [0, 0.1) is 5.92 Å². The van der Waals surface area contributed by atoms with Crippen molar-refractivity contribution in [2.45, 2.75) is 58.3 Å². The molecule has 1 aliphatic carbocycles. The zero-order chi connectivity index (χ0) is 18.1. The Balaban J connectivity index is 2.06. The van der Waals surface area contributed by atoms with Gasteiger partial charge in [-0.15, -0.1) is 0 Å². The van der Waals surface area contributed by atoms with Gasteiger partial charge in [-0.3, -0.25) is 9.69 Å². The van der Waals surface area contributed by atoms with Gasteiger partial charge in [-0.05, 0) is 37.3 Å². The van der Waals surface area contributed by atoms with Crippen molar-refractivity contribution in [1.82, 2.24) is 5.32 Å². The molecule has 2 rings (SSSR count). The summed E-state index contributed by atoms with van der Waals surface area (Å²) in [6, 6.07) is 6.71. The van der Waals surface area contributed by atoms with Gasteiger partial charge in [0.25, 0.3) is 5.91 Å². The van der Waals surface area contributed by atoms with E-state index in [1.807, 2.05) is 12.1 Å². The largest absolute Gasteiger partial charge is 0.352 e. The van der Waals surface area contributed by atoms with Crippen molar-refractivity contribution in [3.8, 4) is 0 Å². The fraction of sp³-hybridized carbons (Fsp3) is 0.600. The molecule has 0 unspecified atom stereocenters. The van der Waals surface area contributed by atoms with Crippen molar-refractivity contribution in [2.24, 2.45) is 11.7 Å². The van der Waals surface area contributed by atoms with Crippen LogP contribution in [0.5, 0.6) is 0 Å². The Morgan fingerprint density at radius 2 is 1.88 bits per heavy atom. The van der Waals surface area contributed by atoms with Crippen LogP contribution in [0.1, 0.15) is 68.6 Å². The second kappa shape index (κ2) is 10.1. The second-order valence-electron chi connectivity index (χ2n) is 6.93. The number of urea groups is 1. The van der Waals surface area contributed by atoms with Crippen molar-refractivity contribution in [2.75, 3.05) is 18.0 Å². The van der Waals surface area contributed by atoms with Gasteiger partial charge >= 0.3 is 6.03 Å². The summed E-state index contributed by atoms with van der Waals surface area (Å²) in [5, 5.41) is 3.05. The zero-order valence-electron chi connectivity index (χ0n) is 15.3. The van der Waals surface area contributed by atoms with E-state index in [2.05, 4.69) is 12.2 Å². The van der Waals surface area contributed by atoms with E-state index in [1.54, 1.807) is 12.1 Å². The minimum absolute atomic E-state index is 0.122. The highest BCUT2D eigenvalue weighted by Crippen LogP contribution is 2.24. The first-order valence-corrected chi connectivity index (χ1v) is 9.57. The van der Waals surface area contributed by atoms with E-state index in [-0.39, 0.29) is 5.91 Å². The van der Waals surface area contributed by atoms with E-state index in [4.69, 9.17) is 5.73 Å². The molecule has 1 aromatic carbocycles. The quantitative estimate of drug-likeness (QED) is 0.697. The molecule has 3 amide bonds. The van der Waals surface area contributed by atoms with Crippen molar-refractivity contribution in [1.29, 1.82) is 0 Å². The maximum atomic E-state index is 12.7. The minimum atomic E-state index is -0.511. The van der Waals surface area contributed by atoms with E-state index in [0.717, 1.165) is 19.3 Å². The number of rotatable bonds is 8. The number of carbonyl (C=O) groups is 2. The first-order chi connectivity index (χ1) is 12.1. The van der Waals surface area contributed by atoms with E-state index in [1.165, 1.54) is 37.0 Å². The molecule has 1 aliphatic rings. The summed E-state index contributed by atoms with van der Waals surface area (Å²) in [4.78, 5) is 26.1. The van der Waals surface area contributed by atoms with Crippen molar-refractivity contribution < 1.29 is 9.59 Å². The van der Waals surface area contributed by atoms with Gasteiger partial charge in [-0.2, -0.15) is 0 Å². The average molecular weight is 345 g/mol. The third-order valence-corrected chi connectivity index (χ3v) is 4.97. The van der Waals surface area contributed by atoms with Gasteiger partial charge in [0.1, 0.15) is 0 Å². The number of para-hydroxylation sites is 1. The summed E-state index contributed by atoms with van der Waals surface area (Å²) >= 11 is 0. The number of hydrogen-bond donors (Lipinski definition) is 2. The monoisotopic (exact) mass is 345 g/mol. The number of nitrogens with two attached hydrogens (primary N) is 1. The van der Waals surface area contributed by atoms with Gasteiger partial charge in [0.2, 0.25) is 0 Å². The van der Waals surface area contributed by atoms with Crippen molar-refractivity contribution in [3.05, 3.63) is 29.8 Å². The number of carbonyl (C=O) groups excluding carboxylic acids is 2. The van der Waals surface area contributed by atoms with Gasteiger partial charge < -0.3 is 11.1 Å². The highest BCUT2D eigenvalue weighted by molar-refractivity contribution is 6.04. The second-order valence-corrected chi connectivity index (χ2v) is 6.93. The third kappa shape index (κ3) is 5.76. The van der Waals surface area contributed by atoms with Crippen molar-refractivity contribution in [3.63, 3.8) is 0 Å². The molecule has 5 nitrogen and oxygen atoms in total. The molecule has 1 saturated carbocycles. The summed E-state index contributed by atoms with van der Waals surface area (Å²) in [6.07, 6.45) is 9.15. The molecule has 0 aliphatic heterocycles. The van der Waals surface area contributed by atoms with Crippen LogP contribution in [-0.2, 0) is 0 Å². The Bertz CT molecular complexity index is 568. The molecular formula is C20H31N3O2. The number of hydrogen-bond acceptors (Lipinski definition) is 2. The molecule has 1 aromatic rings. The summed E-state index contributed by atoms with van der Waals surface area (Å²) in [5.41, 5.74) is 6.69. The predicted octanol–water partition coefficient (Wildman–Crippen LogP) is 4.07. The van der Waals surface area contributed by atoms with Gasteiger partial charge in [0.15, 0.2) is 0 Å². The highest BCUT2D eigenvalue weighted by Gasteiger charge is 2.20. The molecule has 0 atom stereocenters. The molecule has 0 radical (unpaired) electrons. The summed E-state index contributed by atoms with van der Waals surface area (Å²) in [6.45, 7) is 3.36. The fourth-order valence-corrected chi connectivity index (χ4v) is 3.49. The molecule has 138 valence electrons. The number of nitrogens with one attached hydrogen (secondary N) is 1. The van der Waals surface area contributed by atoms with Crippen molar-refractivity contribution >= 4 is 17.6 Å². The number of anilines is 1. The van der Waals surface area contributed by atoms with E-state index in [9.17, 15) is 9.59 Å². The van der Waals surface area contributed by atoms with Gasteiger partial charge in [0.05, 0.1) is 11.3 Å². The first kappa shape index (κ1) is 19.3. The Labute approximate surface area is 151 Å². The number of nitrogens with zero attached hydrogens (tertiary/aromatic N) is 1. The minimum Gasteiger partial charge on any atom is -0.352 e. The lowest BCUT2D eigenvalue weighted by Gasteiger charge is -2.24. The average Bonchev–Trinajstić information content (AvgIpc) is 2.64. The molecule has 0 heterocycles. The molecule has 25 heavy (non-hydrogen) atoms. The molecule has 0 aromatic heterocycles. The number of benzene rings is 1. The molecule has 1 fully saturated rings. The standard InChI is InChI=1S/C20H31N3O2/c1-2-3-9-14-23(20(21)25)18-13-8-7-12-17(18)19(24)22-15-16-10-5-4-6-11-16/h7-8,12-13,16H,2-6,9-11,14-15H2,1H3,(H2,21,25)(H,22,24). The van der Waals surface area contributed by atoms with Crippen LogP contribution < -0.4 is 16.0 Å². The van der Waals surface area contributed by atoms with Crippen LogP contribution in [0.15, 0.2) is 24.3 Å². The zero-order valence-corrected chi connectivity index (χ0v) is 15.3. The van der Waals surface area contributed by atoms with Crippen LogP contribution in [0.4, 0.5) is 10.5 Å². The SMILES string of the molecule is CCCCCN(C(N)=O)c1ccccc1C(=O)NCC1CCCCC1. The summed E-state index contributed by atoms with van der Waals surface area (Å²) in [5.74, 6) is 0.449. The number of amides is 3. The summed E-state index contributed by atoms with van der Waals surface area (Å²) < 4.78 is 0. The lowest BCUT2D eigenvalue weighted by molar-refractivity contribution is 0.0944. The Morgan fingerprint density at radius 1 is 1.16 bits per heavy atom. The maximum absolute atomic E-state index is 12.7. The molecule has 0 spiro atoms. The normalized spacial score (nSPS) is 14.9. The predicted molar refractivity (Wildman–Crippen MR) is 102 cm³/mol. The van der Waals surface area contributed by atoms with Crippen LogP contribution in [-0.4, -0.2) is 25.0 Å². The smallest absolute Gasteiger partial charge is 0.319 e.